The summed E-state index contributed by atoms with van der Waals surface area (Å²) >= 11 is 0. The molecule has 59 heavy (non-hydrogen) atoms. The van der Waals surface area contributed by atoms with Gasteiger partial charge < -0.3 is 9.45 Å². The molecule has 2 aromatic carbocycles. The molecule has 0 bridgehead atoms. The smallest absolute Gasteiger partial charge is 0.202 e. The number of nitrogens with zero attached hydrogens (tertiary/aromatic N) is 2. The van der Waals surface area contributed by atoms with Crippen molar-refractivity contribution >= 4 is 27.1 Å². The molecule has 1 aliphatic carbocycles. The van der Waals surface area contributed by atoms with E-state index in [1.165, 1.54) is 131 Å². The van der Waals surface area contributed by atoms with Gasteiger partial charge in [-0.15, -0.1) is 0 Å². The number of aryl methyl sites for hydroxylation is 1. The lowest BCUT2D eigenvalue weighted by Gasteiger charge is -2.34. The standard InChI is InChI=1S/C53H84N2O3S/c1-11-19-25-43(15-5)37-54(38-44(16-6)26-20-12-2)50-33-31-47(35-41(50)9)53(49-29-23-24-30-52(49)59(56,57)58)48-32-34-51(42(10)36-48)55(39-45(17-7)27-21-13-3)40-46(18-8)28-22-14-4/h23-24,29-36,43-46H,11-22,25-28,37-40H2,1-10H3. The zero-order valence-electron chi connectivity index (χ0n) is 39.3. The molecule has 0 fully saturated rings. The summed E-state index contributed by atoms with van der Waals surface area (Å²) in [5.74, 6) is 2.53. The average Bonchev–Trinajstić information content (AvgIpc) is 3.22. The van der Waals surface area contributed by atoms with Crippen LogP contribution in [-0.4, -0.2) is 49.4 Å². The molecule has 0 heterocycles. The Kier molecular flexibility index (Phi) is 22.5. The van der Waals surface area contributed by atoms with Crippen molar-refractivity contribution in [3.8, 4) is 0 Å². The maximum absolute atomic E-state index is 12.9. The van der Waals surface area contributed by atoms with Gasteiger partial charge >= 0.3 is 0 Å². The Morgan fingerprint density at radius 3 is 1.59 bits per heavy atom. The quantitative estimate of drug-likeness (QED) is 0.0633. The molecule has 6 heteroatoms. The van der Waals surface area contributed by atoms with E-state index in [0.717, 1.165) is 42.9 Å². The van der Waals surface area contributed by atoms with Crippen molar-refractivity contribution in [3.05, 3.63) is 88.5 Å². The molecular weight excluding hydrogens is 745 g/mol. The second kappa shape index (κ2) is 26.4. The molecule has 5 nitrogen and oxygen atoms in total. The van der Waals surface area contributed by atoms with E-state index in [1.54, 1.807) is 6.07 Å². The SMILES string of the molecule is CCCCC(CC)CN(CC(CC)CCCC)c1ccc(/C(=C2\C=CC(=[N+](CC(CC)CCCC)CC(CC)CCCC)C(C)=C2)c2ccccc2S(=O)(=O)[O-])cc1C. The van der Waals surface area contributed by atoms with E-state index in [9.17, 15) is 13.0 Å². The summed E-state index contributed by atoms with van der Waals surface area (Å²) in [6.07, 6.45) is 26.2. The minimum absolute atomic E-state index is 0.173. The largest absolute Gasteiger partial charge is 0.744 e. The van der Waals surface area contributed by atoms with Crippen molar-refractivity contribution in [2.24, 2.45) is 23.7 Å². The van der Waals surface area contributed by atoms with Crippen LogP contribution in [0.2, 0.25) is 0 Å². The lowest BCUT2D eigenvalue weighted by molar-refractivity contribution is -0.541. The Morgan fingerprint density at radius 1 is 0.661 bits per heavy atom. The molecule has 0 spiro atoms. The third-order valence-corrected chi connectivity index (χ3v) is 14.1. The van der Waals surface area contributed by atoms with Gasteiger partial charge in [-0.05, 0) is 117 Å². The van der Waals surface area contributed by atoms with Crippen molar-refractivity contribution < 1.29 is 17.5 Å². The van der Waals surface area contributed by atoms with Gasteiger partial charge in [-0.25, -0.2) is 13.0 Å². The monoisotopic (exact) mass is 829 g/mol. The van der Waals surface area contributed by atoms with Crippen LogP contribution in [0.3, 0.4) is 0 Å². The van der Waals surface area contributed by atoms with Gasteiger partial charge in [0, 0.05) is 47.8 Å². The van der Waals surface area contributed by atoms with Gasteiger partial charge in [0.1, 0.15) is 23.2 Å². The first-order valence-electron chi connectivity index (χ1n) is 24.0. The topological polar surface area (TPSA) is 63.5 Å². The van der Waals surface area contributed by atoms with Crippen LogP contribution in [0.25, 0.3) is 5.57 Å². The normalized spacial score (nSPS) is 16.1. The summed E-state index contributed by atoms with van der Waals surface area (Å²) in [7, 11) is -4.74. The molecule has 4 atom stereocenters. The van der Waals surface area contributed by atoms with Crippen molar-refractivity contribution in [1.82, 2.24) is 0 Å². The van der Waals surface area contributed by atoms with E-state index in [1.807, 2.05) is 12.1 Å². The Bertz CT molecular complexity index is 1760. The van der Waals surface area contributed by atoms with Gasteiger partial charge in [0.25, 0.3) is 0 Å². The summed E-state index contributed by atoms with van der Waals surface area (Å²) in [6, 6.07) is 13.5. The zero-order valence-corrected chi connectivity index (χ0v) is 40.1. The molecule has 1 aliphatic rings. The molecule has 330 valence electrons. The average molecular weight is 829 g/mol. The van der Waals surface area contributed by atoms with Crippen molar-refractivity contribution in [1.29, 1.82) is 0 Å². The van der Waals surface area contributed by atoms with Gasteiger partial charge in [0.15, 0.2) is 0 Å². The second-order valence-corrected chi connectivity index (χ2v) is 19.2. The van der Waals surface area contributed by atoms with E-state index >= 15 is 0 Å². The predicted octanol–water partition coefficient (Wildman–Crippen LogP) is 14.3. The Labute approximate surface area is 363 Å². The number of unbranched alkanes of at least 4 members (excludes halogenated alkanes) is 4. The molecule has 0 saturated carbocycles. The third-order valence-electron chi connectivity index (χ3n) is 13.2. The zero-order chi connectivity index (χ0) is 43.4. The molecule has 0 amide bonds. The highest BCUT2D eigenvalue weighted by Gasteiger charge is 2.27. The van der Waals surface area contributed by atoms with Crippen molar-refractivity contribution in [3.63, 3.8) is 0 Å². The van der Waals surface area contributed by atoms with E-state index in [2.05, 4.69) is 115 Å². The summed E-state index contributed by atoms with van der Waals surface area (Å²) in [4.78, 5) is 2.48. The fraction of sp³-hybridized carbons (Fsp3) is 0.642. The second-order valence-electron chi connectivity index (χ2n) is 17.8. The molecule has 0 saturated heterocycles. The highest BCUT2D eigenvalue weighted by Crippen LogP contribution is 2.37. The number of rotatable bonds is 28. The Morgan fingerprint density at radius 2 is 1.15 bits per heavy atom. The van der Waals surface area contributed by atoms with Crippen LogP contribution in [0.5, 0.6) is 0 Å². The fourth-order valence-electron chi connectivity index (χ4n) is 9.16. The first-order valence-corrected chi connectivity index (χ1v) is 25.4. The molecule has 3 rings (SSSR count). The first kappa shape index (κ1) is 50.4. The van der Waals surface area contributed by atoms with E-state index in [0.29, 0.717) is 29.2 Å². The summed E-state index contributed by atoms with van der Waals surface area (Å²) < 4.78 is 41.3. The maximum atomic E-state index is 12.9. The summed E-state index contributed by atoms with van der Waals surface area (Å²) in [5.41, 5.74) is 7.97. The van der Waals surface area contributed by atoms with Crippen LogP contribution >= 0.6 is 0 Å². The number of benzene rings is 2. The highest BCUT2D eigenvalue weighted by atomic mass is 32.2. The van der Waals surface area contributed by atoms with E-state index in [4.69, 9.17) is 0 Å². The number of hydrogen-bond acceptors (Lipinski definition) is 4. The molecule has 0 N–H and O–H groups in total. The molecule has 0 aromatic heterocycles. The maximum Gasteiger partial charge on any atom is 0.202 e. The van der Waals surface area contributed by atoms with Crippen molar-refractivity contribution in [2.45, 2.75) is 177 Å². The lowest BCUT2D eigenvalue weighted by atomic mass is 9.87. The Balaban J connectivity index is 2.28. The predicted molar refractivity (Wildman–Crippen MR) is 255 cm³/mol. The van der Waals surface area contributed by atoms with Gasteiger partial charge in [0.2, 0.25) is 5.71 Å². The lowest BCUT2D eigenvalue weighted by Crippen LogP contribution is -2.34. The van der Waals surface area contributed by atoms with Crippen LogP contribution < -0.4 is 4.90 Å². The van der Waals surface area contributed by atoms with Crippen LogP contribution in [-0.2, 0) is 10.1 Å². The number of allylic oxidation sites excluding steroid dienone is 5. The number of hydrogen-bond donors (Lipinski definition) is 0. The van der Waals surface area contributed by atoms with E-state index < -0.39 is 10.1 Å². The molecule has 0 aliphatic heterocycles. The molecule has 0 radical (unpaired) electrons. The van der Waals surface area contributed by atoms with Gasteiger partial charge in [-0.2, -0.15) is 0 Å². The van der Waals surface area contributed by atoms with Crippen LogP contribution in [0.4, 0.5) is 5.69 Å². The van der Waals surface area contributed by atoms with Gasteiger partial charge in [0.05, 0.1) is 4.90 Å². The van der Waals surface area contributed by atoms with Crippen LogP contribution in [0.1, 0.15) is 182 Å². The van der Waals surface area contributed by atoms with Crippen LogP contribution in [0, 0.1) is 30.6 Å². The van der Waals surface area contributed by atoms with Crippen molar-refractivity contribution in [2.75, 3.05) is 31.1 Å². The third kappa shape index (κ3) is 15.5. The molecule has 2 aromatic rings. The summed E-state index contributed by atoms with van der Waals surface area (Å²) in [5, 5.41) is 0. The van der Waals surface area contributed by atoms with Crippen LogP contribution in [0.15, 0.2) is 76.7 Å². The highest BCUT2D eigenvalue weighted by molar-refractivity contribution is 7.85. The minimum atomic E-state index is -4.74. The first-order chi connectivity index (χ1) is 28.4. The number of anilines is 1. The Hall–Kier alpha value is -2.96. The summed E-state index contributed by atoms with van der Waals surface area (Å²) in [6.45, 7) is 27.1. The minimum Gasteiger partial charge on any atom is -0.744 e. The van der Waals surface area contributed by atoms with Gasteiger partial charge in [-0.1, -0.05) is 144 Å². The fourth-order valence-corrected chi connectivity index (χ4v) is 9.84. The van der Waals surface area contributed by atoms with E-state index in [-0.39, 0.29) is 4.90 Å². The molecular formula is C53H84N2O3S. The molecule has 4 unspecified atom stereocenters. The van der Waals surface area contributed by atoms with Gasteiger partial charge in [-0.3, -0.25) is 0 Å².